The molecule has 28 heavy (non-hydrogen) atoms. The van der Waals surface area contributed by atoms with Gasteiger partial charge >= 0.3 is 6.09 Å². The second kappa shape index (κ2) is 11.5. The Morgan fingerprint density at radius 3 is 2.46 bits per heavy atom. The van der Waals surface area contributed by atoms with E-state index in [4.69, 9.17) is 9.15 Å². The van der Waals surface area contributed by atoms with Crippen molar-refractivity contribution in [2.24, 2.45) is 4.99 Å². The predicted octanol–water partition coefficient (Wildman–Crippen LogP) is 3.15. The zero-order valence-corrected chi connectivity index (χ0v) is 18.9. The third-order valence-electron chi connectivity index (χ3n) is 3.32. The van der Waals surface area contributed by atoms with Crippen LogP contribution in [-0.2, 0) is 11.3 Å². The van der Waals surface area contributed by atoms with Crippen LogP contribution in [0.4, 0.5) is 4.79 Å². The number of carbonyl (C=O) groups is 1. The van der Waals surface area contributed by atoms with Crippen molar-refractivity contribution in [3.63, 3.8) is 0 Å². The quantitative estimate of drug-likeness (QED) is 0.244. The summed E-state index contributed by atoms with van der Waals surface area (Å²) in [5, 5.41) is 8.94. The van der Waals surface area contributed by atoms with Gasteiger partial charge in [-0.1, -0.05) is 18.2 Å². The number of hydrogen-bond acceptors (Lipinski definition) is 5. The fraction of sp³-hybridized carbons (Fsp3) is 0.421. The minimum Gasteiger partial charge on any atom is -0.444 e. The molecule has 9 heteroatoms. The van der Waals surface area contributed by atoms with E-state index in [1.165, 1.54) is 0 Å². The first-order chi connectivity index (χ1) is 12.9. The fourth-order valence-electron chi connectivity index (χ4n) is 2.16. The minimum atomic E-state index is -0.509. The van der Waals surface area contributed by atoms with E-state index in [1.54, 1.807) is 13.3 Å². The van der Waals surface area contributed by atoms with E-state index >= 15 is 0 Å². The van der Waals surface area contributed by atoms with Gasteiger partial charge in [0.2, 0.25) is 5.89 Å². The maximum absolute atomic E-state index is 11.6. The summed E-state index contributed by atoms with van der Waals surface area (Å²) in [5.41, 5.74) is 1.19. The van der Waals surface area contributed by atoms with Crippen LogP contribution in [0.5, 0.6) is 0 Å². The van der Waals surface area contributed by atoms with E-state index in [1.807, 2.05) is 51.1 Å². The van der Waals surface area contributed by atoms with Crippen molar-refractivity contribution < 1.29 is 13.9 Å². The van der Waals surface area contributed by atoms with Crippen molar-refractivity contribution in [2.45, 2.75) is 32.9 Å². The topological polar surface area (TPSA) is 101 Å². The van der Waals surface area contributed by atoms with Crippen LogP contribution in [0.15, 0.2) is 46.0 Å². The van der Waals surface area contributed by atoms with Crippen LogP contribution >= 0.6 is 24.0 Å². The van der Waals surface area contributed by atoms with Crippen molar-refractivity contribution in [3.8, 4) is 11.5 Å². The van der Waals surface area contributed by atoms with Gasteiger partial charge in [-0.05, 0) is 32.9 Å². The van der Waals surface area contributed by atoms with Gasteiger partial charge in [0.1, 0.15) is 11.9 Å². The van der Waals surface area contributed by atoms with Crippen molar-refractivity contribution >= 4 is 36.0 Å². The SMILES string of the molecule is CN=C(NCCNC(=O)OC(C)(C)C)NCc1coc(-c2ccccc2)n1.I. The number of guanidine groups is 1. The number of oxazole rings is 1. The molecule has 0 bridgehead atoms. The molecule has 3 N–H and O–H groups in total. The van der Waals surface area contributed by atoms with Crippen molar-refractivity contribution in [1.82, 2.24) is 20.9 Å². The summed E-state index contributed by atoms with van der Waals surface area (Å²) < 4.78 is 10.7. The van der Waals surface area contributed by atoms with Gasteiger partial charge in [-0.3, -0.25) is 4.99 Å². The number of nitrogens with one attached hydrogen (secondary N) is 3. The Balaban J connectivity index is 0.00000392. The highest BCUT2D eigenvalue weighted by Crippen LogP contribution is 2.17. The largest absolute Gasteiger partial charge is 0.444 e. The Bertz CT molecular complexity index is 756. The third-order valence-corrected chi connectivity index (χ3v) is 3.32. The number of alkyl carbamates (subject to hydrolysis) is 1. The number of ether oxygens (including phenoxy) is 1. The van der Waals surface area contributed by atoms with Crippen molar-refractivity contribution in [3.05, 3.63) is 42.3 Å². The van der Waals surface area contributed by atoms with Gasteiger partial charge in [-0.2, -0.15) is 0 Å². The molecule has 0 atom stereocenters. The molecule has 0 aliphatic heterocycles. The first kappa shape index (κ1) is 23.7. The Hall–Kier alpha value is -2.30. The number of nitrogens with zero attached hydrogens (tertiary/aromatic N) is 2. The number of benzene rings is 1. The van der Waals surface area contributed by atoms with Gasteiger partial charge in [0.25, 0.3) is 0 Å². The number of halogens is 1. The maximum atomic E-state index is 11.6. The van der Waals surface area contributed by atoms with Crippen LogP contribution in [0.2, 0.25) is 0 Å². The molecular weight excluding hydrogens is 473 g/mol. The molecule has 2 rings (SSSR count). The summed E-state index contributed by atoms with van der Waals surface area (Å²) in [7, 11) is 1.68. The molecule has 0 radical (unpaired) electrons. The van der Waals surface area contributed by atoms with E-state index in [2.05, 4.69) is 25.9 Å². The van der Waals surface area contributed by atoms with Crippen LogP contribution in [-0.4, -0.2) is 42.8 Å². The smallest absolute Gasteiger partial charge is 0.407 e. The molecule has 8 nitrogen and oxygen atoms in total. The molecule has 1 amide bonds. The Labute approximate surface area is 182 Å². The molecule has 2 aromatic rings. The molecule has 0 aliphatic carbocycles. The van der Waals surface area contributed by atoms with Gasteiger partial charge in [0.05, 0.1) is 12.2 Å². The average molecular weight is 501 g/mol. The second-order valence-corrected chi connectivity index (χ2v) is 6.79. The minimum absolute atomic E-state index is 0. The highest BCUT2D eigenvalue weighted by molar-refractivity contribution is 14.0. The standard InChI is InChI=1S/C19H27N5O3.HI/c1-19(2,3)27-18(25)22-11-10-21-17(20-4)23-12-15-13-26-16(24-15)14-8-6-5-7-9-14;/h5-9,13H,10-12H2,1-4H3,(H,22,25)(H2,20,21,23);1H. The van der Waals surface area contributed by atoms with Crippen LogP contribution < -0.4 is 16.0 Å². The zero-order chi connectivity index (χ0) is 19.7. The van der Waals surface area contributed by atoms with Crippen LogP contribution in [0.1, 0.15) is 26.5 Å². The second-order valence-electron chi connectivity index (χ2n) is 6.79. The lowest BCUT2D eigenvalue weighted by molar-refractivity contribution is 0.0529. The number of aliphatic imine (C=N–C) groups is 1. The Morgan fingerprint density at radius 1 is 1.14 bits per heavy atom. The first-order valence-corrected chi connectivity index (χ1v) is 8.78. The average Bonchev–Trinajstić information content (AvgIpc) is 3.09. The molecule has 0 saturated carbocycles. The van der Waals surface area contributed by atoms with E-state index in [0.29, 0.717) is 31.5 Å². The first-order valence-electron chi connectivity index (χ1n) is 8.78. The highest BCUT2D eigenvalue weighted by Gasteiger charge is 2.15. The van der Waals surface area contributed by atoms with Gasteiger partial charge in [0.15, 0.2) is 5.96 Å². The summed E-state index contributed by atoms with van der Waals surface area (Å²) in [6.45, 7) is 6.86. The van der Waals surface area contributed by atoms with Crippen LogP contribution in [0.3, 0.4) is 0 Å². The van der Waals surface area contributed by atoms with Crippen LogP contribution in [0, 0.1) is 0 Å². The molecule has 1 aromatic heterocycles. The molecule has 0 aliphatic rings. The molecule has 1 aromatic carbocycles. The third kappa shape index (κ3) is 8.59. The molecule has 0 unspecified atom stereocenters. The van der Waals surface area contributed by atoms with Gasteiger partial charge in [0, 0.05) is 25.7 Å². The fourth-order valence-corrected chi connectivity index (χ4v) is 2.16. The van der Waals surface area contributed by atoms with Crippen molar-refractivity contribution in [2.75, 3.05) is 20.1 Å². The van der Waals surface area contributed by atoms with E-state index in [-0.39, 0.29) is 24.0 Å². The summed E-state index contributed by atoms with van der Waals surface area (Å²) in [4.78, 5) is 20.2. The zero-order valence-electron chi connectivity index (χ0n) is 16.6. The summed E-state index contributed by atoms with van der Waals surface area (Å²) in [5.74, 6) is 1.18. The predicted molar refractivity (Wildman–Crippen MR) is 120 cm³/mol. The molecule has 1 heterocycles. The number of aromatic nitrogens is 1. The lowest BCUT2D eigenvalue weighted by Gasteiger charge is -2.19. The summed E-state index contributed by atoms with van der Waals surface area (Å²) >= 11 is 0. The van der Waals surface area contributed by atoms with E-state index in [9.17, 15) is 4.79 Å². The highest BCUT2D eigenvalue weighted by atomic mass is 127. The molecule has 0 fully saturated rings. The summed E-state index contributed by atoms with van der Waals surface area (Å²) in [6, 6.07) is 9.72. The van der Waals surface area contributed by atoms with E-state index < -0.39 is 11.7 Å². The Kier molecular flexibility index (Phi) is 9.77. The molecule has 0 saturated heterocycles. The normalized spacial score (nSPS) is 11.4. The van der Waals surface area contributed by atoms with Gasteiger partial charge in [-0.25, -0.2) is 9.78 Å². The van der Waals surface area contributed by atoms with Crippen molar-refractivity contribution in [1.29, 1.82) is 0 Å². The number of hydrogen-bond donors (Lipinski definition) is 3. The Morgan fingerprint density at radius 2 is 1.82 bits per heavy atom. The van der Waals surface area contributed by atoms with Gasteiger partial charge in [-0.15, -0.1) is 24.0 Å². The molecule has 154 valence electrons. The monoisotopic (exact) mass is 501 g/mol. The lowest BCUT2D eigenvalue weighted by Crippen LogP contribution is -2.42. The molecular formula is C19H28IN5O3. The summed E-state index contributed by atoms with van der Waals surface area (Å²) in [6.07, 6.45) is 1.18. The van der Waals surface area contributed by atoms with E-state index in [0.717, 1.165) is 11.3 Å². The number of rotatable bonds is 6. The number of carbonyl (C=O) groups excluding carboxylic acids is 1. The van der Waals surface area contributed by atoms with Gasteiger partial charge < -0.3 is 25.1 Å². The lowest BCUT2D eigenvalue weighted by atomic mass is 10.2. The molecule has 0 spiro atoms. The maximum Gasteiger partial charge on any atom is 0.407 e. The number of amides is 1. The van der Waals surface area contributed by atoms with Crippen LogP contribution in [0.25, 0.3) is 11.5 Å².